The van der Waals surface area contributed by atoms with Crippen LogP contribution >= 0.6 is 15.6 Å². The van der Waals surface area contributed by atoms with Crippen molar-refractivity contribution in [3.05, 3.63) is 0 Å². The van der Waals surface area contributed by atoms with Crippen LogP contribution in [0.3, 0.4) is 0 Å². The third-order valence-corrected chi connectivity index (χ3v) is 18.8. The molecule has 19 heteroatoms. The first-order chi connectivity index (χ1) is 44.2. The maximum absolute atomic E-state index is 13.0. The van der Waals surface area contributed by atoms with Crippen LogP contribution in [0, 0.1) is 0 Å². The molecule has 0 aromatic carbocycles. The van der Waals surface area contributed by atoms with Crippen LogP contribution in [0.25, 0.3) is 0 Å². The summed E-state index contributed by atoms with van der Waals surface area (Å²) in [5.74, 6) is -2.12. The fourth-order valence-corrected chi connectivity index (χ4v) is 12.6. The van der Waals surface area contributed by atoms with Crippen molar-refractivity contribution in [2.45, 2.75) is 399 Å². The van der Waals surface area contributed by atoms with Crippen molar-refractivity contribution in [2.24, 2.45) is 0 Å². The third kappa shape index (κ3) is 66.5. The molecular weight excluding hydrogens is 1200 g/mol. The first-order valence-corrected chi connectivity index (χ1v) is 40.8. The summed E-state index contributed by atoms with van der Waals surface area (Å²) in [6.45, 7) is 4.91. The van der Waals surface area contributed by atoms with E-state index in [1.54, 1.807) is 0 Å². The molecule has 5 atom stereocenters. The number of carbonyl (C=O) groups is 4. The lowest BCUT2D eigenvalue weighted by Gasteiger charge is -2.21. The van der Waals surface area contributed by atoms with E-state index in [1.807, 2.05) is 0 Å². The molecule has 0 amide bonds. The fraction of sp³-hybridized carbons (Fsp3) is 0.944. The summed E-state index contributed by atoms with van der Waals surface area (Å²) < 4.78 is 68.2. The highest BCUT2D eigenvalue weighted by Gasteiger charge is 2.30. The monoisotopic (exact) mass is 1340 g/mol. The second kappa shape index (κ2) is 66.7. The van der Waals surface area contributed by atoms with Gasteiger partial charge in [0.25, 0.3) is 0 Å². The number of rotatable bonds is 73. The standard InChI is InChI=1S/C72H140O17P2/c1-5-9-13-17-21-24-27-29-30-31-32-33-34-35-36-37-40-43-47-51-55-59-72(77)89-68(63-83-70(75)57-53-49-45-41-39-28-25-22-18-14-10-6-2)65-87-91(80,81)85-61-66(73)60-84-90(78,79)86-64-67(62-82-69(74)56-52-48-44-20-16-12-8-4)88-71(76)58-54-50-46-42-38-26-23-19-15-11-7-3/h66-68,73H,5-65H2,1-4H3,(H,78,79)(H,80,81)/t66-,67+,68+/m0/s1. The van der Waals surface area contributed by atoms with E-state index in [0.717, 1.165) is 103 Å². The molecule has 540 valence electrons. The minimum atomic E-state index is -4.95. The van der Waals surface area contributed by atoms with Crippen LogP contribution in [0.4, 0.5) is 0 Å². The summed E-state index contributed by atoms with van der Waals surface area (Å²) in [7, 11) is -9.89. The minimum Gasteiger partial charge on any atom is -0.462 e. The molecular formula is C72H140O17P2. The Hall–Kier alpha value is -1.94. The zero-order valence-electron chi connectivity index (χ0n) is 58.8. The highest BCUT2D eigenvalue weighted by atomic mass is 31.2. The van der Waals surface area contributed by atoms with Gasteiger partial charge in [0.2, 0.25) is 0 Å². The van der Waals surface area contributed by atoms with Crippen LogP contribution in [0.15, 0.2) is 0 Å². The van der Waals surface area contributed by atoms with Crippen molar-refractivity contribution in [2.75, 3.05) is 39.6 Å². The molecule has 17 nitrogen and oxygen atoms in total. The van der Waals surface area contributed by atoms with Crippen LogP contribution in [0.1, 0.15) is 381 Å². The van der Waals surface area contributed by atoms with Gasteiger partial charge in [-0.05, 0) is 25.7 Å². The summed E-state index contributed by atoms with van der Waals surface area (Å²) in [6.07, 6.45) is 55.7. The molecule has 0 aliphatic rings. The van der Waals surface area contributed by atoms with Crippen LogP contribution in [0.5, 0.6) is 0 Å². The molecule has 0 radical (unpaired) electrons. The van der Waals surface area contributed by atoms with Crippen molar-refractivity contribution >= 4 is 39.5 Å². The molecule has 0 rings (SSSR count). The molecule has 0 aliphatic heterocycles. The van der Waals surface area contributed by atoms with Gasteiger partial charge in [-0.1, -0.05) is 329 Å². The Balaban J connectivity index is 5.13. The lowest BCUT2D eigenvalue weighted by molar-refractivity contribution is -0.161. The average Bonchev–Trinajstić information content (AvgIpc) is 3.74. The van der Waals surface area contributed by atoms with Gasteiger partial charge in [0.15, 0.2) is 12.2 Å². The second-order valence-electron chi connectivity index (χ2n) is 26.0. The quantitative estimate of drug-likeness (QED) is 0.0222. The summed E-state index contributed by atoms with van der Waals surface area (Å²) in [6, 6.07) is 0. The third-order valence-electron chi connectivity index (χ3n) is 16.9. The zero-order valence-corrected chi connectivity index (χ0v) is 60.6. The van der Waals surface area contributed by atoms with E-state index in [9.17, 15) is 43.2 Å². The van der Waals surface area contributed by atoms with Crippen molar-refractivity contribution in [1.29, 1.82) is 0 Å². The molecule has 91 heavy (non-hydrogen) atoms. The number of phosphoric acid groups is 2. The molecule has 0 bridgehead atoms. The largest absolute Gasteiger partial charge is 0.472 e. The van der Waals surface area contributed by atoms with E-state index in [-0.39, 0.29) is 25.7 Å². The molecule has 0 heterocycles. The van der Waals surface area contributed by atoms with Crippen molar-refractivity contribution in [3.8, 4) is 0 Å². The number of hydrogen-bond acceptors (Lipinski definition) is 15. The summed E-state index contributed by atoms with van der Waals surface area (Å²) >= 11 is 0. The summed E-state index contributed by atoms with van der Waals surface area (Å²) in [4.78, 5) is 72.4. The summed E-state index contributed by atoms with van der Waals surface area (Å²) in [5.41, 5.74) is 0. The minimum absolute atomic E-state index is 0.107. The molecule has 0 spiro atoms. The van der Waals surface area contributed by atoms with Gasteiger partial charge in [-0.25, -0.2) is 9.13 Å². The van der Waals surface area contributed by atoms with Crippen LogP contribution in [-0.2, 0) is 65.4 Å². The highest BCUT2D eigenvalue weighted by Crippen LogP contribution is 2.45. The molecule has 0 aromatic heterocycles. The average molecular weight is 1340 g/mol. The lowest BCUT2D eigenvalue weighted by atomic mass is 10.0. The number of aliphatic hydroxyl groups excluding tert-OH is 1. The first kappa shape index (κ1) is 89.1. The Morgan fingerprint density at radius 3 is 0.648 bits per heavy atom. The van der Waals surface area contributed by atoms with E-state index in [0.29, 0.717) is 25.7 Å². The van der Waals surface area contributed by atoms with Gasteiger partial charge in [0.1, 0.15) is 19.3 Å². The fourth-order valence-electron chi connectivity index (χ4n) is 11.0. The number of hydrogen-bond donors (Lipinski definition) is 3. The predicted molar refractivity (Wildman–Crippen MR) is 368 cm³/mol. The molecule has 0 aliphatic carbocycles. The Kier molecular flexibility index (Phi) is 65.2. The van der Waals surface area contributed by atoms with E-state index in [2.05, 4.69) is 27.7 Å². The molecule has 2 unspecified atom stereocenters. The predicted octanol–water partition coefficient (Wildman–Crippen LogP) is 21.1. The van der Waals surface area contributed by atoms with Gasteiger partial charge in [-0.3, -0.25) is 37.3 Å². The Bertz CT molecular complexity index is 1740. The van der Waals surface area contributed by atoms with Gasteiger partial charge in [0, 0.05) is 25.7 Å². The van der Waals surface area contributed by atoms with E-state index in [4.69, 9.17) is 37.0 Å². The molecule has 0 saturated carbocycles. The van der Waals surface area contributed by atoms with Gasteiger partial charge in [0.05, 0.1) is 26.4 Å². The number of phosphoric ester groups is 2. The topological polar surface area (TPSA) is 237 Å². The van der Waals surface area contributed by atoms with E-state index < -0.39 is 97.5 Å². The van der Waals surface area contributed by atoms with E-state index >= 15 is 0 Å². The normalized spacial score (nSPS) is 14.0. The molecule has 0 aromatic rings. The Labute approximate surface area is 556 Å². The smallest absolute Gasteiger partial charge is 0.462 e. The van der Waals surface area contributed by atoms with Gasteiger partial charge < -0.3 is 33.8 Å². The number of ether oxygens (including phenoxy) is 4. The number of esters is 4. The number of carbonyl (C=O) groups excluding carboxylic acids is 4. The summed E-state index contributed by atoms with van der Waals surface area (Å²) in [5, 5.41) is 10.6. The molecule has 3 N–H and O–H groups in total. The maximum Gasteiger partial charge on any atom is 0.472 e. The van der Waals surface area contributed by atoms with Crippen molar-refractivity contribution < 1.29 is 80.2 Å². The van der Waals surface area contributed by atoms with Crippen LogP contribution in [-0.4, -0.2) is 96.7 Å². The van der Waals surface area contributed by atoms with Crippen LogP contribution in [0.2, 0.25) is 0 Å². The van der Waals surface area contributed by atoms with E-state index in [1.165, 1.54) is 199 Å². The van der Waals surface area contributed by atoms with Crippen molar-refractivity contribution in [1.82, 2.24) is 0 Å². The van der Waals surface area contributed by atoms with Gasteiger partial charge in [-0.15, -0.1) is 0 Å². The SMILES string of the molecule is CCCCCCCCCCCCCCCCCCCCCCCC(=O)O[C@H](COC(=O)CCCCCCCCCCCCCC)COP(=O)(O)OC[C@@H](O)COP(=O)(O)OC[C@@H](COC(=O)CCCCCCCCC)OC(=O)CCCCCCCCCCCCC. The Morgan fingerprint density at radius 2 is 0.440 bits per heavy atom. The number of unbranched alkanes of at least 4 members (excludes halogenated alkanes) is 47. The molecule has 0 saturated heterocycles. The van der Waals surface area contributed by atoms with Gasteiger partial charge >= 0.3 is 39.5 Å². The zero-order chi connectivity index (χ0) is 66.8. The number of aliphatic hydroxyl groups is 1. The van der Waals surface area contributed by atoms with Crippen molar-refractivity contribution in [3.63, 3.8) is 0 Å². The molecule has 0 fully saturated rings. The van der Waals surface area contributed by atoms with Gasteiger partial charge in [-0.2, -0.15) is 0 Å². The highest BCUT2D eigenvalue weighted by molar-refractivity contribution is 7.47. The second-order valence-corrected chi connectivity index (χ2v) is 28.9. The maximum atomic E-state index is 13.0. The van der Waals surface area contributed by atoms with Crippen LogP contribution < -0.4 is 0 Å². The first-order valence-electron chi connectivity index (χ1n) is 37.8. The Morgan fingerprint density at radius 1 is 0.264 bits per heavy atom. The lowest BCUT2D eigenvalue weighted by Crippen LogP contribution is -2.30.